The highest BCUT2D eigenvalue weighted by molar-refractivity contribution is 14.0. The fourth-order valence-electron chi connectivity index (χ4n) is 2.55. The number of nitrogens with zero attached hydrogens (tertiary/aromatic N) is 1. The molecule has 1 aliphatic carbocycles. The van der Waals surface area contributed by atoms with Crippen molar-refractivity contribution in [3.63, 3.8) is 0 Å². The number of nitrogens with two attached hydrogens (primary N) is 1. The summed E-state index contributed by atoms with van der Waals surface area (Å²) in [7, 11) is 1.75. The summed E-state index contributed by atoms with van der Waals surface area (Å²) in [6, 6.07) is 8.30. The molecule has 3 N–H and O–H groups in total. The van der Waals surface area contributed by atoms with Crippen molar-refractivity contribution in [2.45, 2.75) is 39.3 Å². The molecule has 1 fully saturated rings. The first-order valence-electron chi connectivity index (χ1n) is 6.63. The molecular formula is C15H24IN3O. The van der Waals surface area contributed by atoms with Crippen LogP contribution in [0, 0.1) is 12.3 Å². The van der Waals surface area contributed by atoms with Crippen LogP contribution in [0.5, 0.6) is 0 Å². The third kappa shape index (κ3) is 3.63. The molecule has 1 aliphatic rings. The number of aliphatic imine (C=N–C) groups is 1. The first-order valence-corrected chi connectivity index (χ1v) is 6.63. The molecule has 0 aliphatic heterocycles. The van der Waals surface area contributed by atoms with Gasteiger partial charge in [-0.25, -0.2) is 4.99 Å². The van der Waals surface area contributed by atoms with E-state index in [2.05, 4.69) is 37.1 Å². The molecule has 0 radical (unpaired) electrons. The van der Waals surface area contributed by atoms with E-state index in [0.29, 0.717) is 5.96 Å². The van der Waals surface area contributed by atoms with Gasteiger partial charge in [-0.15, -0.1) is 24.0 Å². The van der Waals surface area contributed by atoms with Gasteiger partial charge in [-0.1, -0.05) is 26.0 Å². The van der Waals surface area contributed by atoms with E-state index in [1.54, 1.807) is 7.11 Å². The Kier molecular flexibility index (Phi) is 5.82. The van der Waals surface area contributed by atoms with Crippen molar-refractivity contribution in [2.24, 2.45) is 16.1 Å². The molecule has 0 saturated heterocycles. The van der Waals surface area contributed by atoms with E-state index in [9.17, 15) is 0 Å². The van der Waals surface area contributed by atoms with Crippen molar-refractivity contribution in [2.75, 3.05) is 12.4 Å². The molecule has 0 heterocycles. The van der Waals surface area contributed by atoms with Crippen LogP contribution >= 0.6 is 24.0 Å². The SMILES string of the molecule is COC1CC(N=C(N)Nc2cccc(C)c2)C1(C)C.I. The molecular weight excluding hydrogens is 365 g/mol. The zero-order valence-corrected chi connectivity index (χ0v) is 14.8. The Bertz CT molecular complexity index is 488. The summed E-state index contributed by atoms with van der Waals surface area (Å²) in [6.45, 7) is 6.38. The van der Waals surface area contributed by atoms with Crippen LogP contribution in [0.25, 0.3) is 0 Å². The van der Waals surface area contributed by atoms with Gasteiger partial charge in [0.25, 0.3) is 0 Å². The van der Waals surface area contributed by atoms with E-state index in [-0.39, 0.29) is 41.5 Å². The van der Waals surface area contributed by atoms with Gasteiger partial charge in [-0.05, 0) is 31.0 Å². The standard InChI is InChI=1S/C15H23N3O.HI/c1-10-6-5-7-11(8-10)17-14(16)18-12-9-13(19-4)15(12,2)3;/h5-8,12-13H,9H2,1-4H3,(H3,16,17,18);1H. The molecule has 2 atom stereocenters. The number of anilines is 1. The molecule has 20 heavy (non-hydrogen) atoms. The zero-order chi connectivity index (χ0) is 14.0. The van der Waals surface area contributed by atoms with E-state index in [4.69, 9.17) is 10.5 Å². The molecule has 2 unspecified atom stereocenters. The zero-order valence-electron chi connectivity index (χ0n) is 12.5. The Hall–Kier alpha value is -0.820. The first-order chi connectivity index (χ1) is 8.93. The summed E-state index contributed by atoms with van der Waals surface area (Å²) in [5.74, 6) is 0.471. The van der Waals surface area contributed by atoms with E-state index in [1.807, 2.05) is 18.2 Å². The third-order valence-corrected chi connectivity index (χ3v) is 4.00. The summed E-state index contributed by atoms with van der Waals surface area (Å²) in [5.41, 5.74) is 8.19. The van der Waals surface area contributed by atoms with E-state index < -0.39 is 0 Å². The van der Waals surface area contributed by atoms with Gasteiger partial charge >= 0.3 is 0 Å². The lowest BCUT2D eigenvalue weighted by Gasteiger charge is -2.48. The number of halogens is 1. The lowest BCUT2D eigenvalue weighted by atomic mass is 9.65. The van der Waals surface area contributed by atoms with E-state index in [0.717, 1.165) is 12.1 Å². The minimum absolute atomic E-state index is 0. The summed E-state index contributed by atoms with van der Waals surface area (Å²) in [5, 5.41) is 3.14. The number of aryl methyl sites for hydroxylation is 1. The second-order valence-electron chi connectivity index (χ2n) is 5.81. The minimum atomic E-state index is 0. The second-order valence-corrected chi connectivity index (χ2v) is 5.81. The van der Waals surface area contributed by atoms with Crippen LogP contribution in [0.4, 0.5) is 5.69 Å². The smallest absolute Gasteiger partial charge is 0.193 e. The van der Waals surface area contributed by atoms with Gasteiger partial charge in [0.2, 0.25) is 0 Å². The van der Waals surface area contributed by atoms with E-state index >= 15 is 0 Å². The van der Waals surface area contributed by atoms with Crippen molar-refractivity contribution in [1.82, 2.24) is 0 Å². The van der Waals surface area contributed by atoms with Crippen LogP contribution in [0.3, 0.4) is 0 Å². The maximum atomic E-state index is 5.97. The number of rotatable bonds is 3. The first kappa shape index (κ1) is 17.2. The normalized spacial score (nSPS) is 24.5. The van der Waals surface area contributed by atoms with Crippen molar-refractivity contribution in [1.29, 1.82) is 0 Å². The maximum absolute atomic E-state index is 5.97. The average molecular weight is 389 g/mol. The number of ether oxygens (including phenoxy) is 1. The van der Waals surface area contributed by atoms with Crippen molar-refractivity contribution < 1.29 is 4.74 Å². The van der Waals surface area contributed by atoms with Crippen molar-refractivity contribution in [3.8, 4) is 0 Å². The molecule has 0 bridgehead atoms. The summed E-state index contributed by atoms with van der Waals surface area (Å²) in [6.07, 6.45) is 1.20. The summed E-state index contributed by atoms with van der Waals surface area (Å²) in [4.78, 5) is 4.56. The Morgan fingerprint density at radius 1 is 1.45 bits per heavy atom. The van der Waals surface area contributed by atoms with Crippen LogP contribution in [0.2, 0.25) is 0 Å². The fraction of sp³-hybridized carbons (Fsp3) is 0.533. The highest BCUT2D eigenvalue weighted by atomic mass is 127. The predicted octanol–water partition coefficient (Wildman–Crippen LogP) is 3.15. The fourth-order valence-corrected chi connectivity index (χ4v) is 2.55. The van der Waals surface area contributed by atoms with Gasteiger partial charge in [0.15, 0.2) is 5.96 Å². The van der Waals surface area contributed by atoms with Gasteiger partial charge in [0.05, 0.1) is 12.1 Å². The van der Waals surface area contributed by atoms with Gasteiger partial charge in [0.1, 0.15) is 0 Å². The number of hydrogen-bond acceptors (Lipinski definition) is 2. The van der Waals surface area contributed by atoms with Crippen LogP contribution < -0.4 is 11.1 Å². The maximum Gasteiger partial charge on any atom is 0.193 e. The Labute approximate surface area is 138 Å². The third-order valence-electron chi connectivity index (χ3n) is 4.00. The molecule has 2 rings (SSSR count). The number of benzene rings is 1. The molecule has 0 amide bonds. The number of hydrogen-bond donors (Lipinski definition) is 2. The lowest BCUT2D eigenvalue weighted by molar-refractivity contribution is -0.0850. The Morgan fingerprint density at radius 3 is 2.70 bits per heavy atom. The molecule has 1 saturated carbocycles. The Balaban J connectivity index is 0.00000200. The van der Waals surface area contributed by atoms with Crippen LogP contribution in [-0.4, -0.2) is 25.2 Å². The number of guanidine groups is 1. The summed E-state index contributed by atoms with van der Waals surface area (Å²) < 4.78 is 5.42. The summed E-state index contributed by atoms with van der Waals surface area (Å²) >= 11 is 0. The lowest BCUT2D eigenvalue weighted by Crippen LogP contribution is -2.54. The van der Waals surface area contributed by atoms with Crippen LogP contribution in [0.15, 0.2) is 29.3 Å². The predicted molar refractivity (Wildman–Crippen MR) is 94.8 cm³/mol. The molecule has 0 aromatic heterocycles. The average Bonchev–Trinajstić information content (AvgIpc) is 2.34. The van der Waals surface area contributed by atoms with Gasteiger partial charge in [-0.3, -0.25) is 0 Å². The molecule has 1 aromatic rings. The minimum Gasteiger partial charge on any atom is -0.381 e. The molecule has 4 nitrogen and oxygen atoms in total. The molecule has 0 spiro atoms. The topological polar surface area (TPSA) is 59.6 Å². The van der Waals surface area contributed by atoms with Gasteiger partial charge in [0, 0.05) is 18.2 Å². The monoisotopic (exact) mass is 389 g/mol. The van der Waals surface area contributed by atoms with Gasteiger partial charge in [-0.2, -0.15) is 0 Å². The van der Waals surface area contributed by atoms with Crippen LogP contribution in [-0.2, 0) is 4.74 Å². The molecule has 5 heteroatoms. The second kappa shape index (κ2) is 6.76. The van der Waals surface area contributed by atoms with Crippen molar-refractivity contribution >= 4 is 35.6 Å². The van der Waals surface area contributed by atoms with Crippen molar-refractivity contribution in [3.05, 3.63) is 29.8 Å². The highest BCUT2D eigenvalue weighted by Gasteiger charge is 2.48. The number of nitrogens with one attached hydrogen (secondary N) is 1. The molecule has 112 valence electrons. The largest absolute Gasteiger partial charge is 0.381 e. The molecule has 1 aromatic carbocycles. The van der Waals surface area contributed by atoms with Gasteiger partial charge < -0.3 is 15.8 Å². The quantitative estimate of drug-likeness (QED) is 0.474. The van der Waals surface area contributed by atoms with Crippen LogP contribution in [0.1, 0.15) is 25.8 Å². The highest BCUT2D eigenvalue weighted by Crippen LogP contribution is 2.44. The van der Waals surface area contributed by atoms with E-state index in [1.165, 1.54) is 5.56 Å². The Morgan fingerprint density at radius 2 is 2.15 bits per heavy atom. The number of methoxy groups -OCH3 is 1.